The van der Waals surface area contributed by atoms with Gasteiger partial charge in [0.2, 0.25) is 5.43 Å². The highest BCUT2D eigenvalue weighted by Gasteiger charge is 2.27. The Kier molecular flexibility index (Phi) is 9.75. The summed E-state index contributed by atoms with van der Waals surface area (Å²) in [4.78, 5) is 40.0. The van der Waals surface area contributed by atoms with Crippen molar-refractivity contribution in [1.82, 2.24) is 15.3 Å². The molecule has 0 saturated carbocycles. The average Bonchev–Trinajstić information content (AvgIpc) is 2.92. The summed E-state index contributed by atoms with van der Waals surface area (Å²) in [7, 11) is 0. The molecule has 39 heavy (non-hydrogen) atoms. The molecule has 3 N–H and O–H groups in total. The number of halogens is 2. The lowest BCUT2D eigenvalue weighted by molar-refractivity contribution is 0.0921. The number of hydrogen-bond donors (Lipinski definition) is 3. The summed E-state index contributed by atoms with van der Waals surface area (Å²) in [6.07, 6.45) is 4.25. The second kappa shape index (κ2) is 13.2. The second-order valence-corrected chi connectivity index (χ2v) is 8.76. The predicted molar refractivity (Wildman–Crippen MR) is 145 cm³/mol. The molecule has 8 nitrogen and oxygen atoms in total. The topological polar surface area (TPSA) is 101 Å². The third-order valence-electron chi connectivity index (χ3n) is 5.71. The lowest BCUT2D eigenvalue weighted by atomic mass is 10.1. The van der Waals surface area contributed by atoms with Crippen molar-refractivity contribution in [3.05, 3.63) is 124 Å². The van der Waals surface area contributed by atoms with E-state index in [1.165, 1.54) is 23.0 Å². The summed E-state index contributed by atoms with van der Waals surface area (Å²) in [6, 6.07) is 11.1. The Morgan fingerprint density at radius 3 is 2.36 bits per heavy atom. The Labute approximate surface area is 225 Å². The van der Waals surface area contributed by atoms with Crippen molar-refractivity contribution in [2.75, 3.05) is 5.43 Å². The molecule has 10 heteroatoms. The molecule has 1 heterocycles. The molecule has 3 rings (SSSR count). The number of aromatic nitrogens is 1. The van der Waals surface area contributed by atoms with Crippen LogP contribution in [-0.2, 0) is 13.2 Å². The van der Waals surface area contributed by atoms with Crippen LogP contribution in [0.2, 0.25) is 0 Å². The van der Waals surface area contributed by atoms with Crippen LogP contribution in [0.3, 0.4) is 0 Å². The standard InChI is InChI=1S/C29H30F2N4O4/c1-5-18(3)33-29(38)25-27(39-17-20-10-8-7-9-11-20)26(36)23(16-35(25)34-19(4)6-2)28(37)32-15-21-12-13-22(30)14-24(21)31/h5-14,16,18-19,34H,1-2,15,17H2,3-4H3,(H,32,37)(H,33,38). The molecule has 0 radical (unpaired) electrons. The van der Waals surface area contributed by atoms with E-state index in [2.05, 4.69) is 29.2 Å². The molecular weight excluding hydrogens is 506 g/mol. The molecule has 0 fully saturated rings. The fourth-order valence-electron chi connectivity index (χ4n) is 3.47. The van der Waals surface area contributed by atoms with Crippen molar-refractivity contribution >= 4 is 11.8 Å². The molecule has 0 aliphatic heterocycles. The van der Waals surface area contributed by atoms with E-state index in [4.69, 9.17) is 4.74 Å². The van der Waals surface area contributed by atoms with Crippen molar-refractivity contribution in [1.29, 1.82) is 0 Å². The largest absolute Gasteiger partial charge is 0.482 e. The monoisotopic (exact) mass is 536 g/mol. The Hall–Kier alpha value is -4.73. The van der Waals surface area contributed by atoms with E-state index in [9.17, 15) is 23.2 Å². The van der Waals surface area contributed by atoms with E-state index in [0.717, 1.165) is 11.6 Å². The van der Waals surface area contributed by atoms with Crippen molar-refractivity contribution in [2.24, 2.45) is 0 Å². The minimum atomic E-state index is -0.846. The van der Waals surface area contributed by atoms with Gasteiger partial charge < -0.3 is 20.8 Å². The predicted octanol–water partition coefficient (Wildman–Crippen LogP) is 4.06. The van der Waals surface area contributed by atoms with Gasteiger partial charge in [0.1, 0.15) is 23.8 Å². The first-order valence-corrected chi connectivity index (χ1v) is 12.2. The number of carbonyl (C=O) groups excluding carboxylic acids is 2. The van der Waals surface area contributed by atoms with Crippen LogP contribution in [-0.4, -0.2) is 28.6 Å². The van der Waals surface area contributed by atoms with Gasteiger partial charge in [0.25, 0.3) is 11.8 Å². The third kappa shape index (κ3) is 7.41. The molecule has 2 atom stereocenters. The first-order chi connectivity index (χ1) is 18.6. The smallest absolute Gasteiger partial charge is 0.274 e. The van der Waals surface area contributed by atoms with Crippen molar-refractivity contribution in [3.63, 3.8) is 0 Å². The van der Waals surface area contributed by atoms with Gasteiger partial charge in [0, 0.05) is 30.4 Å². The maximum atomic E-state index is 14.1. The van der Waals surface area contributed by atoms with Crippen molar-refractivity contribution < 1.29 is 23.1 Å². The maximum absolute atomic E-state index is 14.1. The normalized spacial score (nSPS) is 12.1. The van der Waals surface area contributed by atoms with Gasteiger partial charge in [-0.2, -0.15) is 0 Å². The van der Waals surface area contributed by atoms with Crippen LogP contribution in [0.25, 0.3) is 0 Å². The molecule has 2 unspecified atom stereocenters. The fourth-order valence-corrected chi connectivity index (χ4v) is 3.47. The second-order valence-electron chi connectivity index (χ2n) is 8.76. The van der Waals surface area contributed by atoms with Gasteiger partial charge in [-0.1, -0.05) is 48.6 Å². The van der Waals surface area contributed by atoms with Crippen LogP contribution in [0, 0.1) is 11.6 Å². The zero-order valence-electron chi connectivity index (χ0n) is 21.7. The van der Waals surface area contributed by atoms with Gasteiger partial charge in [0.15, 0.2) is 11.4 Å². The Balaban J connectivity index is 2.08. The van der Waals surface area contributed by atoms with E-state index in [0.29, 0.717) is 6.07 Å². The number of nitrogens with zero attached hydrogens (tertiary/aromatic N) is 1. The summed E-state index contributed by atoms with van der Waals surface area (Å²) in [5, 5.41) is 5.18. The highest BCUT2D eigenvalue weighted by Crippen LogP contribution is 2.18. The summed E-state index contributed by atoms with van der Waals surface area (Å²) >= 11 is 0. The third-order valence-corrected chi connectivity index (χ3v) is 5.71. The molecular formula is C29H30F2N4O4. The molecule has 0 saturated heterocycles. The molecule has 0 aliphatic carbocycles. The van der Waals surface area contributed by atoms with E-state index >= 15 is 0 Å². The maximum Gasteiger partial charge on any atom is 0.274 e. The van der Waals surface area contributed by atoms with E-state index in [1.54, 1.807) is 44.2 Å². The molecule has 204 valence electrons. The van der Waals surface area contributed by atoms with Crippen LogP contribution < -0.4 is 26.2 Å². The first-order valence-electron chi connectivity index (χ1n) is 12.2. The van der Waals surface area contributed by atoms with E-state index < -0.39 is 34.9 Å². The molecule has 1 aromatic heterocycles. The van der Waals surface area contributed by atoms with Crippen molar-refractivity contribution in [2.45, 2.75) is 39.1 Å². The van der Waals surface area contributed by atoms with Gasteiger partial charge in [-0.3, -0.25) is 19.1 Å². The summed E-state index contributed by atoms with van der Waals surface area (Å²) in [6.45, 7) is 10.5. The number of pyridine rings is 1. The van der Waals surface area contributed by atoms with E-state index in [1.807, 2.05) is 6.07 Å². The van der Waals surface area contributed by atoms with Crippen molar-refractivity contribution in [3.8, 4) is 5.75 Å². The minimum absolute atomic E-state index is 0.0263. The van der Waals surface area contributed by atoms with Crippen LogP contribution in [0.15, 0.2) is 84.8 Å². The Morgan fingerprint density at radius 2 is 1.72 bits per heavy atom. The first kappa shape index (κ1) is 28.8. The Bertz CT molecular complexity index is 1420. The zero-order valence-corrected chi connectivity index (χ0v) is 21.7. The summed E-state index contributed by atoms with van der Waals surface area (Å²) in [5.74, 6) is -3.46. The lowest BCUT2D eigenvalue weighted by Gasteiger charge is -2.23. The molecule has 3 aromatic rings. The number of nitrogens with one attached hydrogen (secondary N) is 3. The Morgan fingerprint density at radius 1 is 1.03 bits per heavy atom. The number of rotatable bonds is 12. The van der Waals surface area contributed by atoms with E-state index in [-0.39, 0.29) is 41.8 Å². The highest BCUT2D eigenvalue weighted by molar-refractivity contribution is 5.99. The SMILES string of the molecule is C=CC(C)NC(=O)c1c(OCc2ccccc2)c(=O)c(C(=O)NCc2ccc(F)cc2F)cn1NC(C)C=C. The molecule has 2 aromatic carbocycles. The van der Waals surface area contributed by atoms with Gasteiger partial charge in [0.05, 0.1) is 6.04 Å². The minimum Gasteiger partial charge on any atom is -0.482 e. The highest BCUT2D eigenvalue weighted by atomic mass is 19.1. The van der Waals surface area contributed by atoms with Gasteiger partial charge in [-0.05, 0) is 25.5 Å². The van der Waals surface area contributed by atoms with Crippen LogP contribution in [0.4, 0.5) is 8.78 Å². The number of hydrogen-bond acceptors (Lipinski definition) is 5. The number of amides is 2. The van der Waals surface area contributed by atoms with Gasteiger partial charge >= 0.3 is 0 Å². The molecule has 0 spiro atoms. The average molecular weight is 537 g/mol. The molecule has 0 bridgehead atoms. The zero-order chi connectivity index (χ0) is 28.5. The van der Waals surface area contributed by atoms with Gasteiger partial charge in [-0.25, -0.2) is 8.78 Å². The number of benzene rings is 2. The van der Waals surface area contributed by atoms with Crippen LogP contribution in [0.5, 0.6) is 5.75 Å². The van der Waals surface area contributed by atoms with Crippen LogP contribution in [0.1, 0.15) is 45.8 Å². The summed E-state index contributed by atoms with van der Waals surface area (Å²) in [5.41, 5.74) is 2.37. The molecule has 0 aliphatic rings. The van der Waals surface area contributed by atoms with Crippen LogP contribution >= 0.6 is 0 Å². The fraction of sp³-hybridized carbons (Fsp3) is 0.207. The quantitative estimate of drug-likeness (QED) is 0.303. The number of carbonyl (C=O) groups is 2. The number of ether oxygens (including phenoxy) is 1. The van der Waals surface area contributed by atoms with Gasteiger partial charge in [-0.15, -0.1) is 13.2 Å². The lowest BCUT2D eigenvalue weighted by Crippen LogP contribution is -2.40. The summed E-state index contributed by atoms with van der Waals surface area (Å²) < 4.78 is 34.4. The molecule has 2 amide bonds.